The molecule has 2 aromatic rings. The quantitative estimate of drug-likeness (QED) is 0.0876. The van der Waals surface area contributed by atoms with Gasteiger partial charge in [0.2, 0.25) is 5.91 Å². The number of nitrogens with one attached hydrogen (secondary N) is 4. The van der Waals surface area contributed by atoms with E-state index in [2.05, 4.69) is 21.1 Å². The molecule has 1 aromatic carbocycles. The Morgan fingerprint density at radius 1 is 1.02 bits per heavy atom. The first kappa shape index (κ1) is 39.3. The zero-order valence-electron chi connectivity index (χ0n) is 27.7. The van der Waals surface area contributed by atoms with Gasteiger partial charge in [-0.05, 0) is 37.0 Å². The number of amides is 2. The van der Waals surface area contributed by atoms with E-state index < -0.39 is 63.5 Å². The standard InChI is InChI=1S/C28H42N4O14P2/c1-17(2)15-28(46-48(38,42-6)43-7,31-26(35)22-14-19-20(30-22)9-8-10-24(19)39-3)27(36)45-32-21(13-18-11-12-29-25(18)34)23(33)16-44-47(37,40-4)41-5/h8-10,14,17-18,21,30,32H,11-13,15-16H2,1-7H3,(H,29,34)(H,31,35)/t18-,21-,28-/m0/s1. The molecule has 2 heterocycles. The fourth-order valence-corrected chi connectivity index (χ4v) is 6.43. The highest BCUT2D eigenvalue weighted by atomic mass is 31.2. The van der Waals surface area contributed by atoms with Crippen molar-refractivity contribution >= 4 is 50.1 Å². The fourth-order valence-electron chi connectivity index (χ4n) is 4.91. The maximum Gasteiger partial charge on any atom is 0.476 e. The van der Waals surface area contributed by atoms with Crippen LogP contribution >= 0.6 is 15.6 Å². The van der Waals surface area contributed by atoms with Gasteiger partial charge < -0.3 is 25.2 Å². The molecular formula is C28H42N4O14P2. The monoisotopic (exact) mass is 720 g/mol. The predicted molar refractivity (Wildman–Crippen MR) is 169 cm³/mol. The first-order valence-electron chi connectivity index (χ1n) is 14.7. The lowest BCUT2D eigenvalue weighted by Crippen LogP contribution is -2.59. The summed E-state index contributed by atoms with van der Waals surface area (Å²) < 4.78 is 61.0. The minimum atomic E-state index is -4.51. The van der Waals surface area contributed by atoms with Crippen molar-refractivity contribution in [3.8, 4) is 5.75 Å². The summed E-state index contributed by atoms with van der Waals surface area (Å²) in [4.78, 5) is 61.6. The number of aromatic amines is 1. The molecule has 0 bridgehead atoms. The number of rotatable bonds is 20. The van der Waals surface area contributed by atoms with Crippen LogP contribution in [0.1, 0.15) is 43.6 Å². The summed E-state index contributed by atoms with van der Waals surface area (Å²) in [5.41, 5.74) is 0.329. The van der Waals surface area contributed by atoms with Crippen LogP contribution in [-0.2, 0) is 55.5 Å². The first-order valence-corrected chi connectivity index (χ1v) is 17.6. The van der Waals surface area contributed by atoms with E-state index >= 15 is 0 Å². The van der Waals surface area contributed by atoms with E-state index in [4.69, 9.17) is 36.7 Å². The van der Waals surface area contributed by atoms with E-state index in [1.54, 1.807) is 32.0 Å². The first-order chi connectivity index (χ1) is 22.7. The number of hydrogen-bond acceptors (Lipinski definition) is 15. The molecule has 1 fully saturated rings. The Labute approximate surface area is 277 Å². The number of ketones is 1. The normalized spacial score (nSPS) is 17.2. The number of carbonyl (C=O) groups excluding carboxylic acids is 4. The fraction of sp³-hybridized carbons (Fsp3) is 0.571. The number of carbonyl (C=O) groups is 4. The minimum absolute atomic E-state index is 0.0187. The van der Waals surface area contributed by atoms with Crippen molar-refractivity contribution in [3.05, 3.63) is 30.0 Å². The highest BCUT2D eigenvalue weighted by molar-refractivity contribution is 7.48. The van der Waals surface area contributed by atoms with Crippen molar-refractivity contribution in [2.75, 3.05) is 48.7 Å². The van der Waals surface area contributed by atoms with Gasteiger partial charge in [0.1, 0.15) is 24.1 Å². The van der Waals surface area contributed by atoms with Gasteiger partial charge in [-0.1, -0.05) is 19.9 Å². The van der Waals surface area contributed by atoms with E-state index in [9.17, 15) is 28.3 Å². The number of hydroxylamine groups is 1. The molecule has 0 unspecified atom stereocenters. The van der Waals surface area contributed by atoms with Gasteiger partial charge in [-0.25, -0.2) is 18.4 Å². The lowest BCUT2D eigenvalue weighted by molar-refractivity contribution is -0.179. The van der Waals surface area contributed by atoms with Crippen LogP contribution in [0, 0.1) is 11.8 Å². The van der Waals surface area contributed by atoms with Gasteiger partial charge in [0.25, 0.3) is 11.6 Å². The van der Waals surface area contributed by atoms with Gasteiger partial charge in [0.15, 0.2) is 5.78 Å². The van der Waals surface area contributed by atoms with E-state index in [1.807, 2.05) is 0 Å². The van der Waals surface area contributed by atoms with E-state index in [1.165, 1.54) is 13.2 Å². The molecule has 0 radical (unpaired) electrons. The SMILES string of the molecule is COc1cccc2[nH]c(C(=O)N[C@@](CC(C)C)(OP(=O)(OC)OC)C(=O)ON[C@@H](C[C@@H]3CCNC3=O)C(=O)COP(=O)(OC)OC)cc12. The molecule has 0 saturated carbocycles. The second kappa shape index (κ2) is 17.0. The highest BCUT2D eigenvalue weighted by Crippen LogP contribution is 2.52. The molecule has 1 aromatic heterocycles. The third-order valence-electron chi connectivity index (χ3n) is 7.32. The number of benzene rings is 1. The second-order valence-corrected chi connectivity index (χ2v) is 14.7. The molecule has 1 aliphatic heterocycles. The average Bonchev–Trinajstić information content (AvgIpc) is 3.70. The van der Waals surface area contributed by atoms with Crippen molar-refractivity contribution in [2.24, 2.45) is 11.8 Å². The molecule has 0 aliphatic carbocycles. The highest BCUT2D eigenvalue weighted by Gasteiger charge is 2.51. The Kier molecular flexibility index (Phi) is 13.9. The number of fused-ring (bicyclic) bond motifs is 1. The third-order valence-corrected chi connectivity index (χ3v) is 10.1. The number of phosphoric ester groups is 2. The number of Topliss-reactive ketones (excluding diaryl/α,β-unsaturated/α-hetero) is 1. The smallest absolute Gasteiger partial charge is 0.476 e. The number of aromatic nitrogens is 1. The molecule has 48 heavy (non-hydrogen) atoms. The maximum atomic E-state index is 14.0. The Morgan fingerprint density at radius 3 is 2.25 bits per heavy atom. The van der Waals surface area contributed by atoms with Crippen LogP contribution in [0.2, 0.25) is 0 Å². The van der Waals surface area contributed by atoms with Gasteiger partial charge in [-0.2, -0.15) is 0 Å². The predicted octanol–water partition coefficient (Wildman–Crippen LogP) is 3.00. The van der Waals surface area contributed by atoms with E-state index in [0.717, 1.165) is 28.4 Å². The van der Waals surface area contributed by atoms with E-state index in [-0.39, 0.29) is 24.4 Å². The Bertz CT molecular complexity index is 1550. The van der Waals surface area contributed by atoms with E-state index in [0.29, 0.717) is 29.6 Å². The van der Waals surface area contributed by atoms with Crippen LogP contribution in [-0.4, -0.2) is 89.0 Å². The summed E-state index contributed by atoms with van der Waals surface area (Å²) in [6.07, 6.45) is -0.108. The summed E-state index contributed by atoms with van der Waals surface area (Å²) in [6, 6.07) is 5.21. The minimum Gasteiger partial charge on any atom is -0.496 e. The van der Waals surface area contributed by atoms with Crippen LogP contribution in [0.5, 0.6) is 5.75 Å². The lowest BCUT2D eigenvalue weighted by atomic mass is 9.96. The van der Waals surface area contributed by atoms with Gasteiger partial charge in [-0.3, -0.25) is 37.0 Å². The van der Waals surface area contributed by atoms with Crippen LogP contribution in [0.15, 0.2) is 24.3 Å². The maximum absolute atomic E-state index is 14.0. The van der Waals surface area contributed by atoms with Crippen molar-refractivity contribution in [1.29, 1.82) is 0 Å². The Hall–Kier alpha value is -3.18. The Balaban J connectivity index is 1.97. The topological polar surface area (TPSA) is 228 Å². The molecule has 3 rings (SSSR count). The summed E-state index contributed by atoms with van der Waals surface area (Å²) in [5.74, 6) is -3.93. The second-order valence-electron chi connectivity index (χ2n) is 11.0. The van der Waals surface area contributed by atoms with Crippen LogP contribution < -0.4 is 20.9 Å². The number of methoxy groups -OCH3 is 1. The number of phosphoric acid groups is 2. The average molecular weight is 721 g/mol. The molecule has 268 valence electrons. The summed E-state index contributed by atoms with van der Waals surface area (Å²) >= 11 is 0. The molecule has 1 saturated heterocycles. The largest absolute Gasteiger partial charge is 0.496 e. The van der Waals surface area contributed by atoms with Gasteiger partial charge in [0, 0.05) is 58.2 Å². The van der Waals surface area contributed by atoms with Gasteiger partial charge >= 0.3 is 21.6 Å². The van der Waals surface area contributed by atoms with Crippen LogP contribution in [0.4, 0.5) is 0 Å². The van der Waals surface area contributed by atoms with Gasteiger partial charge in [-0.15, -0.1) is 5.48 Å². The van der Waals surface area contributed by atoms with Gasteiger partial charge in [0.05, 0.1) is 7.11 Å². The summed E-state index contributed by atoms with van der Waals surface area (Å²) in [5, 5.41) is 5.69. The number of H-pyrrole nitrogens is 1. The molecule has 2 amide bonds. The molecular weight excluding hydrogens is 678 g/mol. The number of hydrogen-bond donors (Lipinski definition) is 4. The molecule has 4 N–H and O–H groups in total. The molecule has 3 atom stereocenters. The Morgan fingerprint density at radius 2 is 1.69 bits per heavy atom. The van der Waals surface area contributed by atoms with Crippen molar-refractivity contribution in [1.82, 2.24) is 21.1 Å². The van der Waals surface area contributed by atoms with Crippen molar-refractivity contribution in [2.45, 2.75) is 44.9 Å². The zero-order valence-corrected chi connectivity index (χ0v) is 29.5. The zero-order chi connectivity index (χ0) is 35.7. The van der Waals surface area contributed by atoms with Crippen molar-refractivity contribution in [3.63, 3.8) is 0 Å². The molecule has 0 spiro atoms. The summed E-state index contributed by atoms with van der Waals surface area (Å²) in [7, 11) is -2.96. The lowest BCUT2D eigenvalue weighted by Gasteiger charge is -2.35. The molecule has 18 nitrogen and oxygen atoms in total. The third kappa shape index (κ3) is 9.71. The molecule has 1 aliphatic rings. The van der Waals surface area contributed by atoms with Crippen LogP contribution in [0.25, 0.3) is 10.9 Å². The van der Waals surface area contributed by atoms with Crippen molar-refractivity contribution < 1.29 is 65.0 Å². The van der Waals surface area contributed by atoms with Crippen LogP contribution in [0.3, 0.4) is 0 Å². The number of ether oxygens (including phenoxy) is 1. The summed E-state index contributed by atoms with van der Waals surface area (Å²) in [6.45, 7) is 2.92. The molecule has 20 heteroatoms.